The first kappa shape index (κ1) is 10.5. The summed E-state index contributed by atoms with van der Waals surface area (Å²) in [5, 5.41) is 0. The first-order chi connectivity index (χ1) is 6.65. The zero-order valence-corrected chi connectivity index (χ0v) is 8.06. The van der Waals surface area contributed by atoms with Gasteiger partial charge in [-0.2, -0.15) is 0 Å². The third kappa shape index (κ3) is 2.46. The summed E-state index contributed by atoms with van der Waals surface area (Å²) in [6, 6.07) is 0. The van der Waals surface area contributed by atoms with E-state index in [9.17, 15) is 9.59 Å². The molecule has 0 aliphatic heterocycles. The zero-order valence-electron chi connectivity index (χ0n) is 8.06. The molecule has 0 atom stereocenters. The van der Waals surface area contributed by atoms with Crippen molar-refractivity contribution in [1.29, 1.82) is 0 Å². The Labute approximate surface area is 81.3 Å². The van der Waals surface area contributed by atoms with Gasteiger partial charge in [-0.3, -0.25) is 14.8 Å². The number of aryl methyl sites for hydroxylation is 2. The van der Waals surface area contributed by atoms with Crippen LogP contribution >= 0.6 is 0 Å². The monoisotopic (exact) mass is 198 g/mol. The molecule has 0 saturated heterocycles. The number of rotatable bonds is 4. The van der Waals surface area contributed by atoms with Gasteiger partial charge in [-0.15, -0.1) is 0 Å². The third-order valence-corrected chi connectivity index (χ3v) is 1.98. The Kier molecular flexibility index (Phi) is 3.47. The highest BCUT2D eigenvalue weighted by Gasteiger charge is 2.01. The molecule has 0 bridgehead atoms. The molecule has 0 radical (unpaired) electrons. The van der Waals surface area contributed by atoms with Crippen LogP contribution in [0.15, 0.2) is 17.2 Å². The molecular weight excluding hydrogens is 184 g/mol. The van der Waals surface area contributed by atoms with Gasteiger partial charge < -0.3 is 4.57 Å². The number of hydrazine groups is 1. The number of amides is 1. The second-order valence-electron chi connectivity index (χ2n) is 3.06. The lowest BCUT2D eigenvalue weighted by Crippen LogP contribution is -2.30. The Hall–Kier alpha value is -1.56. The van der Waals surface area contributed by atoms with Crippen LogP contribution in [0.5, 0.6) is 0 Å². The maximum atomic E-state index is 11.3. The summed E-state index contributed by atoms with van der Waals surface area (Å²) >= 11 is 0. The average molecular weight is 198 g/mol. The van der Waals surface area contributed by atoms with Crippen molar-refractivity contribution in [2.24, 2.45) is 12.9 Å². The molecule has 1 aromatic rings. The van der Waals surface area contributed by atoms with Crippen molar-refractivity contribution in [3.05, 3.63) is 22.9 Å². The van der Waals surface area contributed by atoms with Gasteiger partial charge in [0.2, 0.25) is 5.91 Å². The van der Waals surface area contributed by atoms with Gasteiger partial charge in [0.05, 0.1) is 0 Å². The Morgan fingerprint density at radius 2 is 2.29 bits per heavy atom. The summed E-state index contributed by atoms with van der Waals surface area (Å²) in [4.78, 5) is 22.1. The molecular formula is C8H14N4O2. The van der Waals surface area contributed by atoms with Crippen LogP contribution in [0, 0.1) is 0 Å². The Morgan fingerprint density at radius 3 is 2.79 bits per heavy atom. The maximum Gasteiger partial charge on any atom is 0.327 e. The van der Waals surface area contributed by atoms with Gasteiger partial charge in [0.25, 0.3) is 0 Å². The number of hydrogen-bond acceptors (Lipinski definition) is 3. The van der Waals surface area contributed by atoms with E-state index in [-0.39, 0.29) is 11.6 Å². The van der Waals surface area contributed by atoms with E-state index < -0.39 is 0 Å². The summed E-state index contributed by atoms with van der Waals surface area (Å²) in [7, 11) is 1.69. The van der Waals surface area contributed by atoms with Gasteiger partial charge in [0, 0.05) is 32.4 Å². The van der Waals surface area contributed by atoms with Crippen LogP contribution in [0.1, 0.15) is 12.8 Å². The normalized spacial score (nSPS) is 10.1. The molecule has 0 aliphatic carbocycles. The van der Waals surface area contributed by atoms with E-state index >= 15 is 0 Å². The molecule has 1 rings (SSSR count). The fraction of sp³-hybridized carbons (Fsp3) is 0.500. The van der Waals surface area contributed by atoms with Crippen LogP contribution in [-0.2, 0) is 18.4 Å². The lowest BCUT2D eigenvalue weighted by molar-refractivity contribution is -0.121. The molecule has 0 unspecified atom stereocenters. The fourth-order valence-corrected chi connectivity index (χ4v) is 1.16. The molecule has 6 heteroatoms. The second kappa shape index (κ2) is 4.61. The number of carbonyl (C=O) groups excluding carboxylic acids is 1. The highest BCUT2D eigenvalue weighted by molar-refractivity contribution is 5.74. The molecule has 78 valence electrons. The highest BCUT2D eigenvalue weighted by atomic mass is 16.2. The first-order valence-electron chi connectivity index (χ1n) is 4.36. The molecule has 1 heterocycles. The predicted octanol–water partition coefficient (Wildman–Crippen LogP) is -1.04. The zero-order chi connectivity index (χ0) is 10.6. The van der Waals surface area contributed by atoms with E-state index in [2.05, 4.69) is 0 Å². The minimum atomic E-state index is -0.214. The van der Waals surface area contributed by atoms with E-state index in [1.807, 2.05) is 5.43 Å². The summed E-state index contributed by atoms with van der Waals surface area (Å²) in [5.74, 6) is 4.70. The number of hydrogen-bond donors (Lipinski definition) is 2. The van der Waals surface area contributed by atoms with Gasteiger partial charge in [-0.05, 0) is 6.42 Å². The van der Waals surface area contributed by atoms with Crippen LogP contribution in [0.4, 0.5) is 0 Å². The van der Waals surface area contributed by atoms with Crippen molar-refractivity contribution in [1.82, 2.24) is 14.6 Å². The van der Waals surface area contributed by atoms with E-state index in [1.165, 1.54) is 4.57 Å². The molecule has 1 aromatic heterocycles. The standard InChI is InChI=1S/C8H14N4O2/c1-11-5-6-12(8(11)14)4-2-3-7(13)10-9/h5-6H,2-4,9H2,1H3,(H,10,13). The number of aromatic nitrogens is 2. The molecule has 0 fully saturated rings. The summed E-state index contributed by atoms with van der Waals surface area (Å²) in [5.41, 5.74) is 1.97. The molecule has 0 aromatic carbocycles. The molecule has 6 nitrogen and oxygen atoms in total. The van der Waals surface area contributed by atoms with Crippen molar-refractivity contribution >= 4 is 5.91 Å². The van der Waals surface area contributed by atoms with Gasteiger partial charge in [0.15, 0.2) is 0 Å². The SMILES string of the molecule is Cn1ccn(CCCC(=O)NN)c1=O. The Morgan fingerprint density at radius 1 is 1.57 bits per heavy atom. The first-order valence-corrected chi connectivity index (χ1v) is 4.36. The topological polar surface area (TPSA) is 82.1 Å². The van der Waals surface area contributed by atoms with Crippen molar-refractivity contribution in [3.8, 4) is 0 Å². The van der Waals surface area contributed by atoms with Crippen LogP contribution in [0.3, 0.4) is 0 Å². The van der Waals surface area contributed by atoms with E-state index in [1.54, 1.807) is 24.0 Å². The van der Waals surface area contributed by atoms with Gasteiger partial charge in [0.1, 0.15) is 0 Å². The number of nitrogens with two attached hydrogens (primary N) is 1. The smallest absolute Gasteiger partial charge is 0.302 e. The van der Waals surface area contributed by atoms with Gasteiger partial charge >= 0.3 is 5.69 Å². The molecule has 1 amide bonds. The minimum absolute atomic E-state index is 0.0712. The summed E-state index contributed by atoms with van der Waals surface area (Å²) in [6.07, 6.45) is 4.32. The van der Waals surface area contributed by atoms with E-state index in [0.717, 1.165) is 0 Å². The van der Waals surface area contributed by atoms with Crippen LogP contribution in [0.2, 0.25) is 0 Å². The summed E-state index contributed by atoms with van der Waals surface area (Å²) in [6.45, 7) is 0.535. The quantitative estimate of drug-likeness (QED) is 0.368. The third-order valence-electron chi connectivity index (χ3n) is 1.98. The molecule has 3 N–H and O–H groups in total. The number of nitrogens with one attached hydrogen (secondary N) is 1. The number of nitrogens with zero attached hydrogens (tertiary/aromatic N) is 2. The minimum Gasteiger partial charge on any atom is -0.302 e. The van der Waals surface area contributed by atoms with E-state index in [4.69, 9.17) is 5.84 Å². The average Bonchev–Trinajstić information content (AvgIpc) is 2.49. The van der Waals surface area contributed by atoms with Crippen LogP contribution < -0.4 is 17.0 Å². The number of imidazole rings is 1. The van der Waals surface area contributed by atoms with Crippen molar-refractivity contribution in [2.45, 2.75) is 19.4 Å². The van der Waals surface area contributed by atoms with Gasteiger partial charge in [-0.25, -0.2) is 10.6 Å². The molecule has 0 spiro atoms. The van der Waals surface area contributed by atoms with Crippen molar-refractivity contribution < 1.29 is 4.79 Å². The predicted molar refractivity (Wildman–Crippen MR) is 51.2 cm³/mol. The maximum absolute atomic E-state index is 11.3. The lowest BCUT2D eigenvalue weighted by atomic mass is 10.3. The Bertz CT molecular complexity index is 366. The fourth-order valence-electron chi connectivity index (χ4n) is 1.16. The molecule has 14 heavy (non-hydrogen) atoms. The van der Waals surface area contributed by atoms with Crippen LogP contribution in [-0.4, -0.2) is 15.0 Å². The van der Waals surface area contributed by atoms with Crippen molar-refractivity contribution in [2.75, 3.05) is 0 Å². The Balaban J connectivity index is 2.43. The second-order valence-corrected chi connectivity index (χ2v) is 3.06. The largest absolute Gasteiger partial charge is 0.327 e. The number of carbonyl (C=O) groups is 1. The van der Waals surface area contributed by atoms with Crippen molar-refractivity contribution in [3.63, 3.8) is 0 Å². The van der Waals surface area contributed by atoms with Gasteiger partial charge in [-0.1, -0.05) is 0 Å². The van der Waals surface area contributed by atoms with E-state index in [0.29, 0.717) is 19.4 Å². The highest BCUT2D eigenvalue weighted by Crippen LogP contribution is 1.92. The molecule has 0 aliphatic rings. The molecule has 0 saturated carbocycles. The van der Waals surface area contributed by atoms with Crippen LogP contribution in [0.25, 0.3) is 0 Å². The summed E-state index contributed by atoms with van der Waals surface area (Å²) < 4.78 is 3.05. The lowest BCUT2D eigenvalue weighted by Gasteiger charge is -2.00.